The van der Waals surface area contributed by atoms with Crippen molar-refractivity contribution >= 4 is 33.7 Å². The highest BCUT2D eigenvalue weighted by Gasteiger charge is 2.14. The number of carbonyl (C=O) groups is 1. The number of hydrogen-bond acceptors (Lipinski definition) is 7. The van der Waals surface area contributed by atoms with E-state index in [0.717, 1.165) is 23.0 Å². The van der Waals surface area contributed by atoms with Crippen LogP contribution in [0.15, 0.2) is 6.20 Å². The van der Waals surface area contributed by atoms with Gasteiger partial charge in [0.25, 0.3) is 5.91 Å². The molecule has 1 amide bonds. The topological polar surface area (TPSA) is 76.1 Å². The van der Waals surface area contributed by atoms with Crippen molar-refractivity contribution in [3.63, 3.8) is 0 Å². The van der Waals surface area contributed by atoms with E-state index in [-0.39, 0.29) is 5.91 Å². The van der Waals surface area contributed by atoms with Gasteiger partial charge in [-0.05, 0) is 27.2 Å². The van der Waals surface area contributed by atoms with Crippen LogP contribution >= 0.6 is 22.7 Å². The van der Waals surface area contributed by atoms with Crippen LogP contribution in [-0.2, 0) is 0 Å². The van der Waals surface area contributed by atoms with Crippen molar-refractivity contribution in [1.29, 1.82) is 0 Å². The molecule has 2 heterocycles. The Kier molecular flexibility index (Phi) is 6.14. The maximum atomic E-state index is 11.7. The third kappa shape index (κ3) is 4.67. The zero-order valence-corrected chi connectivity index (χ0v) is 14.6. The molecule has 0 fully saturated rings. The molecule has 2 aromatic rings. The van der Waals surface area contributed by atoms with Crippen molar-refractivity contribution < 1.29 is 9.53 Å². The second-order valence-corrected chi connectivity index (χ2v) is 7.08. The molecular weight excluding hydrogens is 320 g/mol. The molecule has 0 aliphatic rings. The van der Waals surface area contributed by atoms with Gasteiger partial charge in [0.15, 0.2) is 10.1 Å². The fourth-order valence-electron chi connectivity index (χ4n) is 1.72. The van der Waals surface area contributed by atoms with E-state index >= 15 is 0 Å². The standard InChI is InChI=1S/C14H20N4O2S2/c1-4-15-11(19)13-18-12(10(3)22-13)20-7-5-6-16-14-17-8-9(2)21-14/h8H,4-7H2,1-3H3,(H,15,19)(H,16,17). The molecule has 8 heteroatoms. The molecule has 0 aliphatic carbocycles. The highest BCUT2D eigenvalue weighted by Crippen LogP contribution is 2.24. The van der Waals surface area contributed by atoms with Gasteiger partial charge in [-0.1, -0.05) is 0 Å². The van der Waals surface area contributed by atoms with Crippen LogP contribution in [0.3, 0.4) is 0 Å². The smallest absolute Gasteiger partial charge is 0.280 e. The van der Waals surface area contributed by atoms with Gasteiger partial charge >= 0.3 is 0 Å². The molecule has 0 aromatic carbocycles. The van der Waals surface area contributed by atoms with Crippen LogP contribution in [0.4, 0.5) is 5.13 Å². The summed E-state index contributed by atoms with van der Waals surface area (Å²) in [6.45, 7) is 7.76. The number of hydrogen-bond donors (Lipinski definition) is 2. The molecule has 22 heavy (non-hydrogen) atoms. The lowest BCUT2D eigenvalue weighted by Crippen LogP contribution is -2.22. The van der Waals surface area contributed by atoms with Crippen LogP contribution in [-0.4, -0.2) is 35.6 Å². The summed E-state index contributed by atoms with van der Waals surface area (Å²) in [7, 11) is 0. The Balaban J connectivity index is 1.73. The van der Waals surface area contributed by atoms with Gasteiger partial charge in [0.1, 0.15) is 0 Å². The highest BCUT2D eigenvalue weighted by molar-refractivity contribution is 7.15. The van der Waals surface area contributed by atoms with E-state index in [2.05, 4.69) is 20.6 Å². The third-order valence-corrected chi connectivity index (χ3v) is 4.56. The van der Waals surface area contributed by atoms with Gasteiger partial charge in [0, 0.05) is 24.2 Å². The van der Waals surface area contributed by atoms with E-state index < -0.39 is 0 Å². The number of aryl methyl sites for hydroxylation is 2. The first-order chi connectivity index (χ1) is 10.6. The maximum Gasteiger partial charge on any atom is 0.280 e. The van der Waals surface area contributed by atoms with Gasteiger partial charge in [-0.2, -0.15) is 4.98 Å². The summed E-state index contributed by atoms with van der Waals surface area (Å²) in [5.74, 6) is 0.405. The lowest BCUT2D eigenvalue weighted by molar-refractivity contribution is 0.0954. The Bertz CT molecular complexity index is 624. The number of amides is 1. The average Bonchev–Trinajstić information content (AvgIpc) is 3.05. The Morgan fingerprint density at radius 2 is 2.18 bits per heavy atom. The lowest BCUT2D eigenvalue weighted by Gasteiger charge is -2.04. The average molecular weight is 340 g/mol. The summed E-state index contributed by atoms with van der Waals surface area (Å²) in [5.41, 5.74) is 0. The Morgan fingerprint density at radius 3 is 2.86 bits per heavy atom. The van der Waals surface area contributed by atoms with Gasteiger partial charge < -0.3 is 15.4 Å². The van der Waals surface area contributed by atoms with E-state index in [4.69, 9.17) is 4.74 Å². The van der Waals surface area contributed by atoms with Crippen molar-refractivity contribution in [1.82, 2.24) is 15.3 Å². The summed E-state index contributed by atoms with van der Waals surface area (Å²) in [4.78, 5) is 22.3. The van der Waals surface area contributed by atoms with Crippen LogP contribution in [0.1, 0.15) is 32.9 Å². The normalized spacial score (nSPS) is 10.5. The minimum absolute atomic E-state index is 0.147. The fourth-order valence-corrected chi connectivity index (χ4v) is 3.19. The second-order valence-electron chi connectivity index (χ2n) is 4.64. The number of anilines is 1. The molecule has 0 saturated heterocycles. The first-order valence-corrected chi connectivity index (χ1v) is 8.78. The maximum absolute atomic E-state index is 11.7. The number of nitrogens with zero attached hydrogens (tertiary/aromatic N) is 2. The summed E-state index contributed by atoms with van der Waals surface area (Å²) >= 11 is 2.99. The van der Waals surface area contributed by atoms with Gasteiger partial charge in [-0.15, -0.1) is 22.7 Å². The van der Waals surface area contributed by atoms with Crippen LogP contribution in [0.2, 0.25) is 0 Å². The number of aromatic nitrogens is 2. The van der Waals surface area contributed by atoms with Crippen molar-refractivity contribution in [2.24, 2.45) is 0 Å². The lowest BCUT2D eigenvalue weighted by atomic mass is 10.4. The first kappa shape index (κ1) is 16.7. The molecule has 0 bridgehead atoms. The minimum Gasteiger partial charge on any atom is -0.477 e. The van der Waals surface area contributed by atoms with Gasteiger partial charge in [0.05, 0.1) is 11.5 Å². The fraction of sp³-hybridized carbons (Fsp3) is 0.500. The molecule has 0 atom stereocenters. The molecule has 0 spiro atoms. The van der Waals surface area contributed by atoms with Gasteiger partial charge in [-0.25, -0.2) is 4.98 Å². The zero-order chi connectivity index (χ0) is 15.9. The van der Waals surface area contributed by atoms with Crippen molar-refractivity contribution in [2.45, 2.75) is 27.2 Å². The van der Waals surface area contributed by atoms with Gasteiger partial charge in [0.2, 0.25) is 5.88 Å². The monoisotopic (exact) mass is 340 g/mol. The molecule has 0 aliphatic heterocycles. The number of nitrogens with one attached hydrogen (secondary N) is 2. The van der Waals surface area contributed by atoms with Crippen molar-refractivity contribution in [2.75, 3.05) is 25.0 Å². The van der Waals surface area contributed by atoms with E-state index in [1.807, 2.05) is 27.0 Å². The number of ether oxygens (including phenoxy) is 1. The molecule has 2 aromatic heterocycles. The summed E-state index contributed by atoms with van der Waals surface area (Å²) in [6.07, 6.45) is 2.69. The summed E-state index contributed by atoms with van der Waals surface area (Å²) in [6, 6.07) is 0. The van der Waals surface area contributed by atoms with Crippen LogP contribution in [0.25, 0.3) is 0 Å². The van der Waals surface area contributed by atoms with Crippen LogP contribution in [0.5, 0.6) is 5.88 Å². The molecule has 6 nitrogen and oxygen atoms in total. The number of rotatable bonds is 8. The third-order valence-electron chi connectivity index (χ3n) is 2.74. The molecule has 2 rings (SSSR count). The van der Waals surface area contributed by atoms with Crippen molar-refractivity contribution in [3.05, 3.63) is 21.0 Å². The Morgan fingerprint density at radius 1 is 1.36 bits per heavy atom. The predicted molar refractivity (Wildman–Crippen MR) is 90.3 cm³/mol. The first-order valence-electron chi connectivity index (χ1n) is 7.15. The van der Waals surface area contributed by atoms with E-state index in [1.54, 1.807) is 11.3 Å². The van der Waals surface area contributed by atoms with E-state index in [1.165, 1.54) is 16.2 Å². The zero-order valence-electron chi connectivity index (χ0n) is 12.9. The molecule has 0 saturated carbocycles. The second kappa shape index (κ2) is 8.09. The highest BCUT2D eigenvalue weighted by atomic mass is 32.1. The SMILES string of the molecule is CCNC(=O)c1nc(OCCCNc2ncc(C)s2)c(C)s1. The Hall–Kier alpha value is -1.67. The number of thiazole rings is 2. The van der Waals surface area contributed by atoms with E-state index in [0.29, 0.717) is 24.0 Å². The van der Waals surface area contributed by atoms with Crippen LogP contribution in [0, 0.1) is 13.8 Å². The summed E-state index contributed by atoms with van der Waals surface area (Å²) < 4.78 is 5.65. The van der Waals surface area contributed by atoms with Crippen molar-refractivity contribution in [3.8, 4) is 5.88 Å². The van der Waals surface area contributed by atoms with Gasteiger partial charge in [-0.3, -0.25) is 4.79 Å². The summed E-state index contributed by atoms with van der Waals surface area (Å²) in [5, 5.41) is 7.37. The molecular formula is C14H20N4O2S2. The molecule has 0 unspecified atom stereocenters. The Labute approximate surface area is 138 Å². The van der Waals surface area contributed by atoms with E-state index in [9.17, 15) is 4.79 Å². The predicted octanol–water partition coefficient (Wildman–Crippen LogP) is 2.85. The number of carbonyl (C=O) groups excluding carboxylic acids is 1. The largest absolute Gasteiger partial charge is 0.477 e. The quantitative estimate of drug-likeness (QED) is 0.723. The molecule has 120 valence electrons. The van der Waals surface area contributed by atoms with Crippen LogP contribution < -0.4 is 15.4 Å². The molecule has 0 radical (unpaired) electrons. The molecule has 2 N–H and O–H groups in total. The minimum atomic E-state index is -0.147.